The van der Waals surface area contributed by atoms with Crippen LogP contribution in [-0.2, 0) is 4.74 Å². The molecule has 1 rings (SSSR count). The fourth-order valence-corrected chi connectivity index (χ4v) is 1.38. The molecule has 1 heterocycles. The van der Waals surface area contributed by atoms with Gasteiger partial charge in [-0.2, -0.15) is 0 Å². The minimum atomic E-state index is -0.0833. The van der Waals surface area contributed by atoms with E-state index in [1.54, 1.807) is 0 Å². The van der Waals surface area contributed by atoms with Crippen LogP contribution in [-0.4, -0.2) is 18.8 Å². The van der Waals surface area contributed by atoms with Gasteiger partial charge in [-0.3, -0.25) is 0 Å². The van der Waals surface area contributed by atoms with Crippen molar-refractivity contribution in [2.45, 2.75) is 32.7 Å². The number of nitrogens with two attached hydrogens (primary N) is 1. The third kappa shape index (κ3) is 0.956. The van der Waals surface area contributed by atoms with E-state index >= 15 is 0 Å². The molecule has 0 spiro atoms. The Morgan fingerprint density at radius 3 is 2.00 bits per heavy atom. The first-order valence-electron chi connectivity index (χ1n) is 3.88. The topological polar surface area (TPSA) is 35.2 Å². The molecular formula is C8H17NO. The van der Waals surface area contributed by atoms with Crippen LogP contribution in [0.25, 0.3) is 0 Å². The zero-order valence-corrected chi connectivity index (χ0v) is 7.11. The lowest BCUT2D eigenvalue weighted by molar-refractivity contribution is -0.148. The number of hydrogen-bond donors (Lipinski definition) is 1. The van der Waals surface area contributed by atoms with Crippen molar-refractivity contribution >= 4 is 0 Å². The van der Waals surface area contributed by atoms with Gasteiger partial charge in [-0.05, 0) is 20.3 Å². The second kappa shape index (κ2) is 2.21. The van der Waals surface area contributed by atoms with Gasteiger partial charge < -0.3 is 10.5 Å². The molecule has 0 bridgehead atoms. The van der Waals surface area contributed by atoms with Gasteiger partial charge in [0.25, 0.3) is 0 Å². The summed E-state index contributed by atoms with van der Waals surface area (Å²) in [4.78, 5) is 0. The third-order valence-electron chi connectivity index (χ3n) is 2.80. The van der Waals surface area contributed by atoms with Crippen molar-refractivity contribution in [3.8, 4) is 0 Å². The summed E-state index contributed by atoms with van der Waals surface area (Å²) in [5.74, 6) is 0. The SMILES string of the molecule is CCC1(C(C)(C)N)COC1. The highest BCUT2D eigenvalue weighted by Crippen LogP contribution is 2.39. The summed E-state index contributed by atoms with van der Waals surface area (Å²) in [6.45, 7) is 8.02. The fourth-order valence-electron chi connectivity index (χ4n) is 1.38. The van der Waals surface area contributed by atoms with Gasteiger partial charge in [-0.1, -0.05) is 6.92 Å². The Morgan fingerprint density at radius 1 is 1.50 bits per heavy atom. The van der Waals surface area contributed by atoms with Gasteiger partial charge in [-0.25, -0.2) is 0 Å². The Bertz CT molecular complexity index is 116. The minimum Gasteiger partial charge on any atom is -0.380 e. The molecule has 0 amide bonds. The first kappa shape index (κ1) is 8.02. The van der Waals surface area contributed by atoms with Crippen LogP contribution in [0.3, 0.4) is 0 Å². The smallest absolute Gasteiger partial charge is 0.0562 e. The molecule has 0 aliphatic carbocycles. The summed E-state index contributed by atoms with van der Waals surface area (Å²) >= 11 is 0. The number of rotatable bonds is 2. The number of hydrogen-bond acceptors (Lipinski definition) is 2. The molecule has 0 unspecified atom stereocenters. The highest BCUT2D eigenvalue weighted by atomic mass is 16.5. The summed E-state index contributed by atoms with van der Waals surface area (Å²) in [5.41, 5.74) is 6.18. The zero-order valence-electron chi connectivity index (χ0n) is 7.11. The molecule has 2 heteroatoms. The molecule has 0 saturated carbocycles. The van der Waals surface area contributed by atoms with Crippen LogP contribution in [0.5, 0.6) is 0 Å². The second-order valence-corrected chi connectivity index (χ2v) is 3.85. The molecule has 10 heavy (non-hydrogen) atoms. The highest BCUT2D eigenvalue weighted by molar-refractivity contribution is 4.99. The Kier molecular flexibility index (Phi) is 1.77. The van der Waals surface area contributed by atoms with Crippen molar-refractivity contribution in [1.82, 2.24) is 0 Å². The lowest BCUT2D eigenvalue weighted by Crippen LogP contribution is -2.61. The van der Waals surface area contributed by atoms with E-state index in [2.05, 4.69) is 20.8 Å². The lowest BCUT2D eigenvalue weighted by Gasteiger charge is -2.50. The molecule has 1 saturated heterocycles. The van der Waals surface area contributed by atoms with E-state index in [0.29, 0.717) is 0 Å². The molecule has 0 aromatic carbocycles. The van der Waals surface area contributed by atoms with Gasteiger partial charge in [0.15, 0.2) is 0 Å². The molecule has 0 aromatic rings. The molecule has 1 aliphatic rings. The highest BCUT2D eigenvalue weighted by Gasteiger charge is 2.47. The van der Waals surface area contributed by atoms with Crippen LogP contribution in [0.1, 0.15) is 27.2 Å². The summed E-state index contributed by atoms with van der Waals surface area (Å²) in [6.07, 6.45) is 1.12. The summed E-state index contributed by atoms with van der Waals surface area (Å²) in [7, 11) is 0. The van der Waals surface area contributed by atoms with Crippen LogP contribution < -0.4 is 5.73 Å². The Labute approximate surface area is 62.7 Å². The van der Waals surface area contributed by atoms with Crippen molar-refractivity contribution in [3.05, 3.63) is 0 Å². The maximum Gasteiger partial charge on any atom is 0.0562 e. The van der Waals surface area contributed by atoms with Crippen molar-refractivity contribution < 1.29 is 4.74 Å². The second-order valence-electron chi connectivity index (χ2n) is 3.85. The Morgan fingerprint density at radius 2 is 2.00 bits per heavy atom. The average Bonchev–Trinajstić information content (AvgIpc) is 1.58. The Balaban J connectivity index is 2.65. The molecule has 0 radical (unpaired) electrons. The van der Waals surface area contributed by atoms with Gasteiger partial charge in [-0.15, -0.1) is 0 Å². The van der Waals surface area contributed by atoms with E-state index < -0.39 is 0 Å². The average molecular weight is 143 g/mol. The molecule has 2 N–H and O–H groups in total. The summed E-state index contributed by atoms with van der Waals surface area (Å²) in [5, 5.41) is 0. The number of ether oxygens (including phenoxy) is 1. The summed E-state index contributed by atoms with van der Waals surface area (Å²) in [6, 6.07) is 0. The fraction of sp³-hybridized carbons (Fsp3) is 1.00. The van der Waals surface area contributed by atoms with E-state index in [0.717, 1.165) is 19.6 Å². The predicted octanol–water partition coefficient (Wildman–Crippen LogP) is 1.15. The normalized spacial score (nSPS) is 24.0. The van der Waals surface area contributed by atoms with E-state index in [9.17, 15) is 0 Å². The van der Waals surface area contributed by atoms with Crippen molar-refractivity contribution in [2.75, 3.05) is 13.2 Å². The van der Waals surface area contributed by atoms with Gasteiger partial charge >= 0.3 is 0 Å². The first-order valence-corrected chi connectivity index (χ1v) is 3.88. The quantitative estimate of drug-likeness (QED) is 0.629. The molecule has 0 aromatic heterocycles. The van der Waals surface area contributed by atoms with Crippen LogP contribution >= 0.6 is 0 Å². The van der Waals surface area contributed by atoms with Gasteiger partial charge in [0.05, 0.1) is 13.2 Å². The van der Waals surface area contributed by atoms with Crippen molar-refractivity contribution in [3.63, 3.8) is 0 Å². The van der Waals surface area contributed by atoms with Gasteiger partial charge in [0.1, 0.15) is 0 Å². The van der Waals surface area contributed by atoms with Gasteiger partial charge in [0.2, 0.25) is 0 Å². The molecule has 60 valence electrons. The van der Waals surface area contributed by atoms with Crippen LogP contribution in [0.4, 0.5) is 0 Å². The van der Waals surface area contributed by atoms with E-state index in [1.807, 2.05) is 0 Å². The van der Waals surface area contributed by atoms with Crippen LogP contribution in [0.15, 0.2) is 0 Å². The zero-order chi connectivity index (χ0) is 7.83. The molecular weight excluding hydrogens is 126 g/mol. The van der Waals surface area contributed by atoms with Crippen molar-refractivity contribution in [1.29, 1.82) is 0 Å². The maximum absolute atomic E-state index is 6.01. The first-order chi connectivity index (χ1) is 4.52. The monoisotopic (exact) mass is 143 g/mol. The molecule has 2 nitrogen and oxygen atoms in total. The lowest BCUT2D eigenvalue weighted by atomic mass is 9.68. The van der Waals surface area contributed by atoms with E-state index in [-0.39, 0.29) is 11.0 Å². The van der Waals surface area contributed by atoms with Gasteiger partial charge in [0, 0.05) is 11.0 Å². The molecule has 0 atom stereocenters. The summed E-state index contributed by atoms with van der Waals surface area (Å²) < 4.78 is 5.18. The standard InChI is InChI=1S/C8H17NO/c1-4-8(5-10-6-8)7(2,3)9/h4-6,9H2,1-3H3. The maximum atomic E-state index is 6.01. The van der Waals surface area contributed by atoms with E-state index in [1.165, 1.54) is 0 Å². The molecule has 1 fully saturated rings. The molecule has 1 aliphatic heterocycles. The minimum absolute atomic E-state index is 0.0833. The van der Waals surface area contributed by atoms with Crippen LogP contribution in [0.2, 0.25) is 0 Å². The predicted molar refractivity (Wildman–Crippen MR) is 41.8 cm³/mol. The van der Waals surface area contributed by atoms with E-state index in [4.69, 9.17) is 10.5 Å². The third-order valence-corrected chi connectivity index (χ3v) is 2.80. The Hall–Kier alpha value is -0.0800. The largest absolute Gasteiger partial charge is 0.380 e. The van der Waals surface area contributed by atoms with Crippen LogP contribution in [0, 0.1) is 5.41 Å². The van der Waals surface area contributed by atoms with Crippen molar-refractivity contribution in [2.24, 2.45) is 11.1 Å².